The van der Waals surface area contributed by atoms with Crippen LogP contribution >= 0.6 is 0 Å². The average Bonchev–Trinajstić information content (AvgIpc) is 2.98. The third-order valence-corrected chi connectivity index (χ3v) is 3.48. The summed E-state index contributed by atoms with van der Waals surface area (Å²) >= 11 is 0. The molecule has 0 spiro atoms. The molecule has 2 heterocycles. The highest BCUT2D eigenvalue weighted by molar-refractivity contribution is 5.74. The van der Waals surface area contributed by atoms with Gasteiger partial charge >= 0.3 is 0 Å². The molecule has 1 aromatic carbocycles. The van der Waals surface area contributed by atoms with Gasteiger partial charge in [-0.3, -0.25) is 4.68 Å². The fourth-order valence-electron chi connectivity index (χ4n) is 2.32. The summed E-state index contributed by atoms with van der Waals surface area (Å²) < 4.78 is 1.93. The molecule has 21 heavy (non-hydrogen) atoms. The van der Waals surface area contributed by atoms with Gasteiger partial charge in [-0.1, -0.05) is 12.1 Å². The van der Waals surface area contributed by atoms with E-state index >= 15 is 0 Å². The Morgan fingerprint density at radius 3 is 2.62 bits per heavy atom. The third kappa shape index (κ3) is 3.25. The number of aryl methyl sites for hydroxylation is 1. The molecule has 5 nitrogen and oxygen atoms in total. The standard InChI is InChI=1S/C16H19N5/c1-12(11-21-9-5-8-18-21)17-10-16-13(2)19-14-6-3-4-7-15(14)20-16/h3-9,12,17H,10-11H2,1-2H3/t12-/m1/s1. The monoisotopic (exact) mass is 281 g/mol. The Hall–Kier alpha value is -2.27. The molecule has 3 aromatic rings. The first-order valence-electron chi connectivity index (χ1n) is 7.15. The number of hydrogen-bond donors (Lipinski definition) is 1. The van der Waals surface area contributed by atoms with Gasteiger partial charge in [0.15, 0.2) is 0 Å². The van der Waals surface area contributed by atoms with Crippen LogP contribution in [0, 0.1) is 6.92 Å². The van der Waals surface area contributed by atoms with Crippen molar-refractivity contribution in [3.05, 3.63) is 54.1 Å². The van der Waals surface area contributed by atoms with Gasteiger partial charge in [-0.25, -0.2) is 9.97 Å². The average molecular weight is 281 g/mol. The summed E-state index contributed by atoms with van der Waals surface area (Å²) in [6.45, 7) is 5.71. The van der Waals surface area contributed by atoms with Crippen LogP contribution in [0.15, 0.2) is 42.7 Å². The quantitative estimate of drug-likeness (QED) is 0.779. The second-order valence-electron chi connectivity index (χ2n) is 5.25. The van der Waals surface area contributed by atoms with Crippen molar-refractivity contribution in [1.82, 2.24) is 25.1 Å². The number of para-hydroxylation sites is 2. The van der Waals surface area contributed by atoms with E-state index in [2.05, 4.69) is 22.3 Å². The van der Waals surface area contributed by atoms with Crippen LogP contribution in [0.4, 0.5) is 0 Å². The van der Waals surface area contributed by atoms with Gasteiger partial charge in [0.25, 0.3) is 0 Å². The van der Waals surface area contributed by atoms with Gasteiger partial charge in [-0.05, 0) is 32.0 Å². The van der Waals surface area contributed by atoms with Crippen LogP contribution in [0.3, 0.4) is 0 Å². The van der Waals surface area contributed by atoms with Crippen LogP contribution in [0.2, 0.25) is 0 Å². The highest BCUT2D eigenvalue weighted by atomic mass is 15.3. The lowest BCUT2D eigenvalue weighted by Crippen LogP contribution is -2.30. The topological polar surface area (TPSA) is 55.6 Å². The summed E-state index contributed by atoms with van der Waals surface area (Å²) in [5.74, 6) is 0. The number of aromatic nitrogens is 4. The normalized spacial score (nSPS) is 12.7. The number of nitrogens with one attached hydrogen (secondary N) is 1. The molecule has 0 aliphatic rings. The zero-order valence-electron chi connectivity index (χ0n) is 12.3. The predicted octanol–water partition coefficient (Wildman–Crippen LogP) is 2.31. The summed E-state index contributed by atoms with van der Waals surface area (Å²) in [6, 6.07) is 10.2. The van der Waals surface area contributed by atoms with Crippen molar-refractivity contribution < 1.29 is 0 Å². The first kappa shape index (κ1) is 13.7. The minimum atomic E-state index is 0.317. The van der Waals surface area contributed by atoms with Crippen molar-refractivity contribution in [3.8, 4) is 0 Å². The molecule has 0 saturated carbocycles. The second kappa shape index (κ2) is 6.01. The lowest BCUT2D eigenvalue weighted by atomic mass is 10.2. The summed E-state index contributed by atoms with van der Waals surface area (Å²) in [4.78, 5) is 9.31. The van der Waals surface area contributed by atoms with E-state index in [-0.39, 0.29) is 0 Å². The number of hydrogen-bond acceptors (Lipinski definition) is 4. The van der Waals surface area contributed by atoms with Crippen LogP contribution in [0.5, 0.6) is 0 Å². The highest BCUT2D eigenvalue weighted by Gasteiger charge is 2.07. The van der Waals surface area contributed by atoms with Gasteiger partial charge in [0.2, 0.25) is 0 Å². The third-order valence-electron chi connectivity index (χ3n) is 3.48. The molecule has 108 valence electrons. The zero-order chi connectivity index (χ0) is 14.7. The molecular weight excluding hydrogens is 262 g/mol. The predicted molar refractivity (Wildman–Crippen MR) is 82.8 cm³/mol. The largest absolute Gasteiger partial charge is 0.307 e. The van der Waals surface area contributed by atoms with E-state index in [0.717, 1.165) is 29.0 Å². The maximum atomic E-state index is 4.70. The number of fused-ring (bicyclic) bond motifs is 1. The van der Waals surface area contributed by atoms with Gasteiger partial charge in [0.05, 0.1) is 29.0 Å². The first-order chi connectivity index (χ1) is 10.2. The summed E-state index contributed by atoms with van der Waals surface area (Å²) in [5.41, 5.74) is 3.87. The molecule has 0 saturated heterocycles. The first-order valence-corrected chi connectivity index (χ1v) is 7.15. The number of rotatable bonds is 5. The van der Waals surface area contributed by atoms with Crippen LogP contribution < -0.4 is 5.32 Å². The Balaban J connectivity index is 1.68. The van der Waals surface area contributed by atoms with E-state index in [1.165, 1.54) is 0 Å². The lowest BCUT2D eigenvalue weighted by molar-refractivity contribution is 0.448. The SMILES string of the molecule is Cc1nc2ccccc2nc1CN[C@H](C)Cn1cccn1. The van der Waals surface area contributed by atoms with Crippen molar-refractivity contribution >= 4 is 11.0 Å². The Kier molecular flexibility index (Phi) is 3.92. The maximum absolute atomic E-state index is 4.70. The van der Waals surface area contributed by atoms with E-state index in [1.807, 2.05) is 48.1 Å². The summed E-state index contributed by atoms with van der Waals surface area (Å²) in [6.07, 6.45) is 3.77. The maximum Gasteiger partial charge on any atom is 0.0890 e. The van der Waals surface area contributed by atoms with E-state index in [0.29, 0.717) is 12.6 Å². The number of benzene rings is 1. The molecule has 0 aliphatic carbocycles. The molecule has 0 bridgehead atoms. The van der Waals surface area contributed by atoms with E-state index in [4.69, 9.17) is 4.98 Å². The van der Waals surface area contributed by atoms with Gasteiger partial charge in [0.1, 0.15) is 0 Å². The fourth-order valence-corrected chi connectivity index (χ4v) is 2.32. The van der Waals surface area contributed by atoms with Crippen molar-refractivity contribution in [2.24, 2.45) is 0 Å². The van der Waals surface area contributed by atoms with Crippen LogP contribution in [0.25, 0.3) is 11.0 Å². The minimum absolute atomic E-state index is 0.317. The Bertz CT molecular complexity index is 721. The van der Waals surface area contributed by atoms with Crippen molar-refractivity contribution in [3.63, 3.8) is 0 Å². The molecule has 3 rings (SSSR count). The van der Waals surface area contributed by atoms with Gasteiger partial charge in [-0.15, -0.1) is 0 Å². The molecule has 0 aliphatic heterocycles. The van der Waals surface area contributed by atoms with E-state index in [9.17, 15) is 0 Å². The van der Waals surface area contributed by atoms with Gasteiger partial charge in [0, 0.05) is 25.0 Å². The summed E-state index contributed by atoms with van der Waals surface area (Å²) in [5, 5.41) is 7.70. The second-order valence-corrected chi connectivity index (χ2v) is 5.25. The Morgan fingerprint density at radius 1 is 1.14 bits per heavy atom. The summed E-state index contributed by atoms with van der Waals surface area (Å²) in [7, 11) is 0. The smallest absolute Gasteiger partial charge is 0.0890 e. The van der Waals surface area contributed by atoms with Crippen molar-refractivity contribution in [1.29, 1.82) is 0 Å². The lowest BCUT2D eigenvalue weighted by Gasteiger charge is -2.14. The van der Waals surface area contributed by atoms with E-state index < -0.39 is 0 Å². The van der Waals surface area contributed by atoms with Gasteiger partial charge < -0.3 is 5.32 Å². The van der Waals surface area contributed by atoms with Gasteiger partial charge in [-0.2, -0.15) is 5.10 Å². The van der Waals surface area contributed by atoms with Crippen LogP contribution in [0.1, 0.15) is 18.3 Å². The molecule has 1 N–H and O–H groups in total. The Labute approximate surface area is 124 Å². The highest BCUT2D eigenvalue weighted by Crippen LogP contribution is 2.12. The fraction of sp³-hybridized carbons (Fsp3) is 0.312. The van der Waals surface area contributed by atoms with Crippen LogP contribution in [-0.2, 0) is 13.1 Å². The van der Waals surface area contributed by atoms with Crippen LogP contribution in [-0.4, -0.2) is 25.8 Å². The molecule has 2 aromatic heterocycles. The Morgan fingerprint density at radius 2 is 1.90 bits per heavy atom. The molecule has 0 fully saturated rings. The van der Waals surface area contributed by atoms with E-state index in [1.54, 1.807) is 6.20 Å². The van der Waals surface area contributed by atoms with Crippen molar-refractivity contribution in [2.75, 3.05) is 0 Å². The number of nitrogens with zero attached hydrogens (tertiary/aromatic N) is 4. The molecule has 1 atom stereocenters. The minimum Gasteiger partial charge on any atom is -0.307 e. The molecule has 0 radical (unpaired) electrons. The molecule has 5 heteroatoms. The van der Waals surface area contributed by atoms with Crippen molar-refractivity contribution in [2.45, 2.75) is 33.0 Å². The zero-order valence-corrected chi connectivity index (χ0v) is 12.3. The molecule has 0 amide bonds. The molecular formula is C16H19N5. The molecule has 0 unspecified atom stereocenters.